The molecular formula is C24H44BaO. The molecule has 0 saturated heterocycles. The quantitative estimate of drug-likeness (QED) is 0.180. The van der Waals surface area contributed by atoms with E-state index in [9.17, 15) is 0 Å². The van der Waals surface area contributed by atoms with Crippen molar-refractivity contribution in [3.8, 4) is 5.75 Å². The summed E-state index contributed by atoms with van der Waals surface area (Å²) in [5.74, 6) is 0.322. The zero-order chi connectivity index (χ0) is 19.0. The molecule has 0 atom stereocenters. The third-order valence-electron chi connectivity index (χ3n) is 3.96. The zero-order valence-electron chi connectivity index (χ0n) is 17.9. The first-order valence-electron chi connectivity index (χ1n) is 10.5. The summed E-state index contributed by atoms with van der Waals surface area (Å²) in [5.41, 5.74) is 0. The molecule has 0 aliphatic rings. The van der Waals surface area contributed by atoms with Gasteiger partial charge in [0.25, 0.3) is 0 Å². The van der Waals surface area contributed by atoms with Crippen LogP contribution in [0.4, 0.5) is 0 Å². The van der Waals surface area contributed by atoms with E-state index in [0.29, 0.717) is 5.75 Å². The first-order valence-corrected chi connectivity index (χ1v) is 10.5. The summed E-state index contributed by atoms with van der Waals surface area (Å²) in [6, 6.07) is 8.71. The van der Waals surface area contributed by atoms with Crippen molar-refractivity contribution in [2.45, 2.75) is 104 Å². The molecule has 0 spiro atoms. The van der Waals surface area contributed by atoms with Crippen LogP contribution in [0.1, 0.15) is 104 Å². The van der Waals surface area contributed by atoms with Gasteiger partial charge in [-0.3, -0.25) is 0 Å². The largest absolute Gasteiger partial charge is 2.00 e. The van der Waals surface area contributed by atoms with Crippen LogP contribution >= 0.6 is 0 Å². The first-order chi connectivity index (χ1) is 12.2. The number of benzene rings is 1. The molecule has 1 aromatic rings. The molecular weight excluding hydrogens is 442 g/mol. The third kappa shape index (κ3) is 32.3. The maximum atomic E-state index is 8.63. The van der Waals surface area contributed by atoms with Crippen molar-refractivity contribution in [1.29, 1.82) is 0 Å². The van der Waals surface area contributed by atoms with Crippen molar-refractivity contribution in [3.63, 3.8) is 0 Å². The molecule has 0 radical (unpaired) electrons. The van der Waals surface area contributed by atoms with Gasteiger partial charge in [0.2, 0.25) is 0 Å². The topological polar surface area (TPSA) is 20.2 Å². The Labute approximate surface area is 205 Å². The number of rotatable bonds is 12. The monoisotopic (exact) mass is 486 g/mol. The van der Waals surface area contributed by atoms with E-state index in [1.165, 1.54) is 77.0 Å². The Kier molecular flexibility index (Phi) is 36.5. The Morgan fingerprint density at radius 1 is 0.615 bits per heavy atom. The summed E-state index contributed by atoms with van der Waals surface area (Å²) in [5, 5.41) is 8.63. The summed E-state index contributed by atoms with van der Waals surface area (Å²) in [6.45, 7) is 12.1. The number of phenolic OH excluding ortho intramolecular Hbond substituents is 1. The summed E-state index contributed by atoms with van der Waals surface area (Å²) in [7, 11) is 0. The number of para-hydroxylation sites is 1. The van der Waals surface area contributed by atoms with Crippen molar-refractivity contribution >= 4 is 48.9 Å². The van der Waals surface area contributed by atoms with E-state index in [0.717, 1.165) is 12.8 Å². The first kappa shape index (κ1) is 31.3. The minimum atomic E-state index is 0. The number of unbranched alkanes of at least 4 members (excludes halogenated alkanes) is 12. The fourth-order valence-corrected chi connectivity index (χ4v) is 2.34. The van der Waals surface area contributed by atoms with Crippen LogP contribution in [0.2, 0.25) is 0 Å². The van der Waals surface area contributed by atoms with Gasteiger partial charge in [0.1, 0.15) is 5.75 Å². The summed E-state index contributed by atoms with van der Waals surface area (Å²) in [6.07, 6.45) is 18.9. The molecule has 0 aromatic heterocycles. The van der Waals surface area contributed by atoms with Crippen LogP contribution in [0.5, 0.6) is 5.75 Å². The molecule has 1 aromatic carbocycles. The number of hydrogen-bond acceptors (Lipinski definition) is 1. The van der Waals surface area contributed by atoms with E-state index in [1.54, 1.807) is 24.3 Å². The van der Waals surface area contributed by atoms with Crippen molar-refractivity contribution in [1.82, 2.24) is 0 Å². The number of phenols is 1. The van der Waals surface area contributed by atoms with Gasteiger partial charge in [0.05, 0.1) is 0 Å². The molecule has 148 valence electrons. The molecule has 26 heavy (non-hydrogen) atoms. The minimum Gasteiger partial charge on any atom is -0.508 e. The standard InChI is InChI=1S/2C9H19.C6H6O.Ba/c2*1-3-5-7-9-8-6-4-2;7-6-4-2-1-3-5-6;/h2*1,3-9H2,2H3;1-5,7H;/q2*-1;;+2. The third-order valence-corrected chi connectivity index (χ3v) is 3.96. The van der Waals surface area contributed by atoms with Gasteiger partial charge >= 0.3 is 48.9 Å². The van der Waals surface area contributed by atoms with E-state index in [-0.39, 0.29) is 48.9 Å². The van der Waals surface area contributed by atoms with Crippen molar-refractivity contribution < 1.29 is 5.11 Å². The normalized spacial score (nSPS) is 9.23. The van der Waals surface area contributed by atoms with Gasteiger partial charge in [-0.05, 0) is 12.1 Å². The van der Waals surface area contributed by atoms with Gasteiger partial charge in [0.15, 0.2) is 0 Å². The summed E-state index contributed by atoms with van der Waals surface area (Å²) >= 11 is 0. The van der Waals surface area contributed by atoms with Crippen LogP contribution in [0.15, 0.2) is 30.3 Å². The van der Waals surface area contributed by atoms with Crippen LogP contribution in [0.3, 0.4) is 0 Å². The van der Waals surface area contributed by atoms with Crippen LogP contribution in [0, 0.1) is 13.8 Å². The molecule has 2 heteroatoms. The van der Waals surface area contributed by atoms with E-state index >= 15 is 0 Å². The Balaban J connectivity index is -0.000000301. The fraction of sp³-hybridized carbons (Fsp3) is 0.667. The van der Waals surface area contributed by atoms with Gasteiger partial charge < -0.3 is 19.0 Å². The average molecular weight is 486 g/mol. The van der Waals surface area contributed by atoms with E-state index < -0.39 is 0 Å². The Hall–Kier alpha value is 0.591. The summed E-state index contributed by atoms with van der Waals surface area (Å²) in [4.78, 5) is 0. The van der Waals surface area contributed by atoms with Gasteiger partial charge in [-0.25, -0.2) is 0 Å². The molecule has 0 aliphatic heterocycles. The van der Waals surface area contributed by atoms with Gasteiger partial charge in [-0.2, -0.15) is 12.8 Å². The second kappa shape index (κ2) is 30.3. The molecule has 0 amide bonds. The molecule has 1 N–H and O–H groups in total. The van der Waals surface area contributed by atoms with Gasteiger partial charge in [0, 0.05) is 0 Å². The van der Waals surface area contributed by atoms with Crippen LogP contribution in [-0.2, 0) is 0 Å². The molecule has 0 saturated carbocycles. The zero-order valence-corrected chi connectivity index (χ0v) is 22.3. The Morgan fingerprint density at radius 3 is 1.23 bits per heavy atom. The summed E-state index contributed by atoms with van der Waals surface area (Å²) < 4.78 is 0. The molecule has 1 rings (SSSR count). The SMILES string of the molecule is Oc1ccccc1.[Ba+2].[CH2-]CCCCCCCC.[CH2-]CCCCCCCC. The van der Waals surface area contributed by atoms with Crippen molar-refractivity contribution in [2.24, 2.45) is 0 Å². The predicted octanol–water partition coefficient (Wildman–Crippen LogP) is 8.15. The molecule has 0 unspecified atom stereocenters. The van der Waals surface area contributed by atoms with E-state index in [4.69, 9.17) is 5.11 Å². The van der Waals surface area contributed by atoms with Gasteiger partial charge in [-0.1, -0.05) is 109 Å². The van der Waals surface area contributed by atoms with Crippen LogP contribution in [0.25, 0.3) is 0 Å². The maximum absolute atomic E-state index is 8.63. The van der Waals surface area contributed by atoms with Crippen LogP contribution in [-0.4, -0.2) is 54.0 Å². The maximum Gasteiger partial charge on any atom is 2.00 e. The smallest absolute Gasteiger partial charge is 0.508 e. The van der Waals surface area contributed by atoms with Crippen LogP contribution < -0.4 is 0 Å². The van der Waals surface area contributed by atoms with E-state index in [1.807, 2.05) is 6.07 Å². The molecule has 0 heterocycles. The average Bonchev–Trinajstić information content (AvgIpc) is 2.63. The van der Waals surface area contributed by atoms with Crippen molar-refractivity contribution in [3.05, 3.63) is 44.2 Å². The minimum absolute atomic E-state index is 0. The molecule has 0 fully saturated rings. The Bertz CT molecular complexity index is 287. The molecule has 1 nitrogen and oxygen atoms in total. The van der Waals surface area contributed by atoms with Gasteiger partial charge in [-0.15, -0.1) is 0 Å². The number of aromatic hydroxyl groups is 1. The fourth-order valence-electron chi connectivity index (χ4n) is 2.34. The second-order valence-electron chi connectivity index (χ2n) is 6.58. The molecule has 0 aliphatic carbocycles. The number of hydrogen-bond donors (Lipinski definition) is 1. The van der Waals surface area contributed by atoms with E-state index in [2.05, 4.69) is 27.7 Å². The second-order valence-corrected chi connectivity index (χ2v) is 6.58. The Morgan fingerprint density at radius 2 is 0.962 bits per heavy atom. The molecule has 0 bridgehead atoms. The predicted molar refractivity (Wildman–Crippen MR) is 121 cm³/mol. The van der Waals surface area contributed by atoms with Crippen molar-refractivity contribution in [2.75, 3.05) is 0 Å².